The Hall–Kier alpha value is -0.680. The van der Waals surface area contributed by atoms with Crippen LogP contribution in [0.15, 0.2) is 6.20 Å². The Morgan fingerprint density at radius 3 is 3.17 bits per heavy atom. The summed E-state index contributed by atoms with van der Waals surface area (Å²) in [6, 6.07) is 0.869. The molecule has 1 aromatic rings. The van der Waals surface area contributed by atoms with Crippen LogP contribution in [0.1, 0.15) is 31.5 Å². The van der Waals surface area contributed by atoms with Gasteiger partial charge in [0.1, 0.15) is 0 Å². The van der Waals surface area contributed by atoms with E-state index in [1.165, 1.54) is 24.3 Å². The van der Waals surface area contributed by atoms with Crippen molar-refractivity contribution in [1.29, 1.82) is 0 Å². The Labute approximate surface area is 114 Å². The quantitative estimate of drug-likeness (QED) is 0.892. The van der Waals surface area contributed by atoms with E-state index in [1.807, 2.05) is 18.7 Å². The summed E-state index contributed by atoms with van der Waals surface area (Å²) in [5.74, 6) is 3.47. The van der Waals surface area contributed by atoms with Crippen LogP contribution in [0.4, 0.5) is 5.95 Å². The van der Waals surface area contributed by atoms with Crippen LogP contribution in [0.25, 0.3) is 0 Å². The van der Waals surface area contributed by atoms with Crippen molar-refractivity contribution in [3.8, 4) is 0 Å². The first-order chi connectivity index (χ1) is 8.70. The molecule has 1 fully saturated rings. The zero-order valence-corrected chi connectivity index (χ0v) is 12.3. The maximum atomic E-state index is 5.23. The SMILES string of the molecule is COCC(C)n1cc(C)nc1NC1CCCSC1. The Morgan fingerprint density at radius 2 is 2.50 bits per heavy atom. The summed E-state index contributed by atoms with van der Waals surface area (Å²) in [4.78, 5) is 4.60. The molecular weight excluding hydrogens is 246 g/mol. The first-order valence-electron chi connectivity index (χ1n) is 6.59. The van der Waals surface area contributed by atoms with Gasteiger partial charge in [-0.3, -0.25) is 0 Å². The highest BCUT2D eigenvalue weighted by Gasteiger charge is 2.18. The van der Waals surface area contributed by atoms with Gasteiger partial charge in [-0.15, -0.1) is 0 Å². The van der Waals surface area contributed by atoms with E-state index in [4.69, 9.17) is 4.74 Å². The van der Waals surface area contributed by atoms with Crippen LogP contribution >= 0.6 is 11.8 Å². The molecule has 0 spiro atoms. The van der Waals surface area contributed by atoms with Gasteiger partial charge >= 0.3 is 0 Å². The zero-order valence-electron chi connectivity index (χ0n) is 11.5. The molecule has 2 unspecified atom stereocenters. The summed E-state index contributed by atoms with van der Waals surface area (Å²) in [7, 11) is 1.74. The molecule has 1 aromatic heterocycles. The molecule has 0 amide bonds. The van der Waals surface area contributed by atoms with Crippen LogP contribution in [-0.2, 0) is 4.74 Å². The number of methoxy groups -OCH3 is 1. The van der Waals surface area contributed by atoms with Gasteiger partial charge in [-0.2, -0.15) is 11.8 Å². The lowest BCUT2D eigenvalue weighted by Crippen LogP contribution is -2.28. The van der Waals surface area contributed by atoms with Crippen molar-refractivity contribution < 1.29 is 4.74 Å². The third-order valence-corrected chi connectivity index (χ3v) is 4.44. The lowest BCUT2D eigenvalue weighted by atomic mass is 10.2. The van der Waals surface area contributed by atoms with Crippen LogP contribution in [0.3, 0.4) is 0 Å². The number of thioether (sulfide) groups is 1. The smallest absolute Gasteiger partial charge is 0.203 e. The molecular formula is C13H23N3OS. The van der Waals surface area contributed by atoms with Gasteiger partial charge < -0.3 is 14.6 Å². The minimum atomic E-state index is 0.315. The van der Waals surface area contributed by atoms with E-state index in [9.17, 15) is 0 Å². The lowest BCUT2D eigenvalue weighted by Gasteiger charge is -2.24. The average Bonchev–Trinajstić information content (AvgIpc) is 2.72. The number of nitrogens with zero attached hydrogens (tertiary/aromatic N) is 2. The van der Waals surface area contributed by atoms with Gasteiger partial charge in [0.15, 0.2) is 0 Å². The van der Waals surface area contributed by atoms with Gasteiger partial charge in [0.25, 0.3) is 0 Å². The van der Waals surface area contributed by atoms with Gasteiger partial charge in [-0.1, -0.05) is 0 Å². The van der Waals surface area contributed by atoms with Crippen LogP contribution < -0.4 is 5.32 Å². The summed E-state index contributed by atoms with van der Waals surface area (Å²) in [6.45, 7) is 4.91. The number of anilines is 1. The number of ether oxygens (including phenoxy) is 1. The second-order valence-electron chi connectivity index (χ2n) is 4.98. The molecule has 5 heteroatoms. The molecule has 0 aliphatic carbocycles. The Morgan fingerprint density at radius 1 is 1.67 bits per heavy atom. The van der Waals surface area contributed by atoms with Gasteiger partial charge in [-0.05, 0) is 32.4 Å². The predicted molar refractivity (Wildman–Crippen MR) is 77.5 cm³/mol. The third-order valence-electron chi connectivity index (χ3n) is 3.23. The van der Waals surface area contributed by atoms with E-state index in [1.54, 1.807) is 7.11 Å². The van der Waals surface area contributed by atoms with Crippen molar-refractivity contribution in [2.24, 2.45) is 0 Å². The largest absolute Gasteiger partial charge is 0.383 e. The summed E-state index contributed by atoms with van der Waals surface area (Å²) >= 11 is 2.03. The van der Waals surface area contributed by atoms with Gasteiger partial charge in [0.05, 0.1) is 18.3 Å². The maximum absolute atomic E-state index is 5.23. The summed E-state index contributed by atoms with van der Waals surface area (Å²) in [5, 5.41) is 3.59. The molecule has 1 N–H and O–H groups in total. The number of hydrogen-bond acceptors (Lipinski definition) is 4. The second-order valence-corrected chi connectivity index (χ2v) is 6.13. The highest BCUT2D eigenvalue weighted by atomic mass is 32.2. The minimum Gasteiger partial charge on any atom is -0.383 e. The molecule has 0 aromatic carbocycles. The maximum Gasteiger partial charge on any atom is 0.203 e. The van der Waals surface area contributed by atoms with E-state index in [2.05, 4.69) is 28.0 Å². The van der Waals surface area contributed by atoms with E-state index in [0.29, 0.717) is 18.7 Å². The van der Waals surface area contributed by atoms with E-state index < -0.39 is 0 Å². The number of hydrogen-bond donors (Lipinski definition) is 1. The minimum absolute atomic E-state index is 0.315. The standard InChI is InChI=1S/C13H23N3OS/c1-10-7-16(11(2)8-17-3)13(14-10)15-12-5-4-6-18-9-12/h7,11-12H,4-6,8-9H2,1-3H3,(H,14,15). The third kappa shape index (κ3) is 3.42. The lowest BCUT2D eigenvalue weighted by molar-refractivity contribution is 0.163. The van der Waals surface area contributed by atoms with E-state index >= 15 is 0 Å². The molecule has 102 valence electrons. The summed E-state index contributed by atoms with van der Waals surface area (Å²) < 4.78 is 7.42. The van der Waals surface area contributed by atoms with E-state index in [-0.39, 0.29) is 0 Å². The molecule has 2 atom stereocenters. The Kier molecular flexibility index (Phi) is 4.95. The Bertz CT molecular complexity index is 374. The highest BCUT2D eigenvalue weighted by Crippen LogP contribution is 2.22. The molecule has 0 bridgehead atoms. The van der Waals surface area contributed by atoms with Crippen molar-refractivity contribution in [3.05, 3.63) is 11.9 Å². The fourth-order valence-corrected chi connectivity index (χ4v) is 3.39. The molecule has 2 heterocycles. The molecule has 0 saturated carbocycles. The van der Waals surface area contributed by atoms with E-state index in [0.717, 1.165) is 11.6 Å². The number of nitrogens with one attached hydrogen (secondary N) is 1. The van der Waals surface area contributed by atoms with Crippen molar-refractivity contribution in [2.45, 2.75) is 38.8 Å². The van der Waals surface area contributed by atoms with Crippen LogP contribution in [0.5, 0.6) is 0 Å². The predicted octanol–water partition coefficient (Wildman–Crippen LogP) is 2.71. The Balaban J connectivity index is 2.06. The number of imidazole rings is 1. The molecule has 1 aliphatic rings. The average molecular weight is 269 g/mol. The van der Waals surface area contributed by atoms with Gasteiger partial charge in [0, 0.05) is 25.1 Å². The number of rotatable bonds is 5. The normalized spacial score (nSPS) is 21.8. The van der Waals surface area contributed by atoms with Crippen LogP contribution in [0, 0.1) is 6.92 Å². The molecule has 2 rings (SSSR count). The fourth-order valence-electron chi connectivity index (χ4n) is 2.32. The highest BCUT2D eigenvalue weighted by molar-refractivity contribution is 7.99. The second kappa shape index (κ2) is 6.48. The van der Waals surface area contributed by atoms with Crippen molar-refractivity contribution >= 4 is 17.7 Å². The molecule has 0 radical (unpaired) electrons. The molecule has 4 nitrogen and oxygen atoms in total. The number of aryl methyl sites for hydroxylation is 1. The zero-order chi connectivity index (χ0) is 13.0. The first kappa shape index (κ1) is 13.7. The van der Waals surface area contributed by atoms with Crippen molar-refractivity contribution in [2.75, 3.05) is 30.5 Å². The van der Waals surface area contributed by atoms with Crippen LogP contribution in [-0.4, -0.2) is 40.8 Å². The summed E-state index contributed by atoms with van der Waals surface area (Å²) in [5.41, 5.74) is 1.06. The first-order valence-corrected chi connectivity index (χ1v) is 7.75. The number of aromatic nitrogens is 2. The summed E-state index contributed by atoms with van der Waals surface area (Å²) in [6.07, 6.45) is 4.65. The topological polar surface area (TPSA) is 39.1 Å². The monoisotopic (exact) mass is 269 g/mol. The van der Waals surface area contributed by atoms with Gasteiger partial charge in [0.2, 0.25) is 5.95 Å². The van der Waals surface area contributed by atoms with Gasteiger partial charge in [-0.25, -0.2) is 4.98 Å². The molecule has 18 heavy (non-hydrogen) atoms. The molecule has 1 saturated heterocycles. The molecule has 1 aliphatic heterocycles. The van der Waals surface area contributed by atoms with Crippen LogP contribution in [0.2, 0.25) is 0 Å². The fraction of sp³-hybridized carbons (Fsp3) is 0.769. The van der Waals surface area contributed by atoms with Crippen molar-refractivity contribution in [1.82, 2.24) is 9.55 Å². The van der Waals surface area contributed by atoms with Crippen molar-refractivity contribution in [3.63, 3.8) is 0 Å².